The van der Waals surface area contributed by atoms with Crippen LogP contribution < -0.4 is 31.9 Å². The molecule has 0 saturated carbocycles. The van der Waals surface area contributed by atoms with E-state index >= 15 is 0 Å². The second-order valence-electron chi connectivity index (χ2n) is 24.3. The molecule has 2 aliphatic heterocycles. The van der Waals surface area contributed by atoms with Crippen molar-refractivity contribution in [2.24, 2.45) is 22.7 Å². The summed E-state index contributed by atoms with van der Waals surface area (Å²) in [6.07, 6.45) is 5.40. The van der Waals surface area contributed by atoms with Crippen LogP contribution in [0.25, 0.3) is 0 Å². The molecule has 10 atom stereocenters. The number of likely N-dealkylation sites (tertiary alicyclic amines) is 2. The number of amides is 6. The number of nitrogens with zero attached hydrogens (tertiary/aromatic N) is 2. The van der Waals surface area contributed by atoms with E-state index in [0.717, 1.165) is 69.7 Å². The highest BCUT2D eigenvalue weighted by molar-refractivity contribution is 9.10. The predicted octanol–water partition coefficient (Wildman–Crippen LogP) is 8.94. The van der Waals surface area contributed by atoms with Gasteiger partial charge in [0.15, 0.2) is 11.6 Å². The lowest BCUT2D eigenvalue weighted by Crippen LogP contribution is -2.59. The number of hydrogen-bond donors (Lipinski definition) is 6. The standard InChI is InChI=1S/C60H80Br2N8O8.CH4.2ClH/c1-33(63-9)53(73)67-51(59(3,4)5)57(77)69-31-35(24-47(69)55(75)65-45-18-12-14-37-29-41(61)20-22-43(37)45)26-49(71)39-16-11-17-40(28-39)50(72)27-36-25-48(56(76)66-46-19-13-15-38-30-42(62)21-23-44(38)46)70(32-36)58(78)52(60(6,7)8)68-54(74)34(2)64-10;;;/h11,16-17,20-23,28-30,33-36,45-48,51-52,63-64H,12-15,18-19,24-27,31-32H2,1-10H3,(H,65,75)(H,66,76)(H,67,73)(H,68,74);1H4;2*1H/t33-,34-,35+,36+,45?,46?,47-,48-,51+,52+;;;/m0.../s1. The zero-order valence-corrected chi connectivity index (χ0v) is 52.6. The van der Waals surface area contributed by atoms with Gasteiger partial charge >= 0.3 is 0 Å². The van der Waals surface area contributed by atoms with Crippen LogP contribution in [-0.4, -0.2) is 120 Å². The van der Waals surface area contributed by atoms with E-state index in [2.05, 4.69) is 75.9 Å². The van der Waals surface area contributed by atoms with E-state index < -0.39 is 70.7 Å². The average molecular weight is 1290 g/mol. The number of rotatable bonds is 18. The van der Waals surface area contributed by atoms with Gasteiger partial charge in [0.05, 0.1) is 24.2 Å². The van der Waals surface area contributed by atoms with Gasteiger partial charge in [0.25, 0.3) is 0 Å². The van der Waals surface area contributed by atoms with Gasteiger partial charge in [-0.2, -0.15) is 0 Å². The third-order valence-corrected chi connectivity index (χ3v) is 17.3. The summed E-state index contributed by atoms with van der Waals surface area (Å²) in [4.78, 5) is 117. The Bertz CT molecular complexity index is 2610. The molecule has 7 rings (SSSR count). The van der Waals surface area contributed by atoms with Crippen molar-refractivity contribution in [2.75, 3.05) is 27.2 Å². The van der Waals surface area contributed by atoms with Crippen molar-refractivity contribution < 1.29 is 38.4 Å². The van der Waals surface area contributed by atoms with Crippen LogP contribution in [0.15, 0.2) is 69.6 Å². The van der Waals surface area contributed by atoms with Crippen molar-refractivity contribution >= 4 is 104 Å². The summed E-state index contributed by atoms with van der Waals surface area (Å²) in [6, 6.07) is 13.2. The quantitative estimate of drug-likeness (QED) is 0.0665. The second-order valence-corrected chi connectivity index (χ2v) is 26.1. The molecule has 0 aromatic heterocycles. The number of likely N-dealkylation sites (N-methyl/N-ethyl adjacent to an activating group) is 2. The van der Waals surface area contributed by atoms with Crippen LogP contribution >= 0.6 is 56.7 Å². The molecular weight excluding hydrogens is 1200 g/mol. The van der Waals surface area contributed by atoms with Crippen LogP contribution in [0, 0.1) is 22.7 Å². The molecule has 20 heteroatoms. The highest BCUT2D eigenvalue weighted by Crippen LogP contribution is 2.37. The molecule has 2 heterocycles. The third-order valence-electron chi connectivity index (χ3n) is 16.3. The van der Waals surface area contributed by atoms with Gasteiger partial charge in [0.2, 0.25) is 35.4 Å². The molecule has 0 spiro atoms. The van der Waals surface area contributed by atoms with E-state index in [1.807, 2.05) is 65.8 Å². The average Bonchev–Trinajstić information content (AvgIpc) is 4.02. The van der Waals surface area contributed by atoms with Crippen molar-refractivity contribution in [3.63, 3.8) is 0 Å². The van der Waals surface area contributed by atoms with Crippen molar-refractivity contribution in [1.82, 2.24) is 41.7 Å². The monoisotopic (exact) mass is 1290 g/mol. The summed E-state index contributed by atoms with van der Waals surface area (Å²) >= 11 is 7.15. The Hall–Kier alpha value is -4.72. The number of Topliss-reactive ketones (excluding diaryl/α,β-unsaturated/α-hetero) is 2. The summed E-state index contributed by atoms with van der Waals surface area (Å²) < 4.78 is 1.91. The number of hydrogen-bond acceptors (Lipinski definition) is 10. The molecule has 446 valence electrons. The molecule has 0 bridgehead atoms. The third kappa shape index (κ3) is 16.8. The van der Waals surface area contributed by atoms with E-state index in [0.29, 0.717) is 11.1 Å². The Balaban J connectivity index is 0.00000470. The molecule has 3 aromatic carbocycles. The van der Waals surface area contributed by atoms with Gasteiger partial charge in [-0.25, -0.2) is 0 Å². The number of ketones is 2. The van der Waals surface area contributed by atoms with Gasteiger partial charge in [-0.3, -0.25) is 38.4 Å². The van der Waals surface area contributed by atoms with Crippen molar-refractivity contribution in [1.29, 1.82) is 0 Å². The second kappa shape index (κ2) is 29.2. The first-order valence-electron chi connectivity index (χ1n) is 27.7. The van der Waals surface area contributed by atoms with E-state index in [4.69, 9.17) is 0 Å². The lowest BCUT2D eigenvalue weighted by atomic mass is 9.85. The molecule has 0 radical (unpaired) electrons. The van der Waals surface area contributed by atoms with Gasteiger partial charge in [-0.05, 0) is 155 Å². The molecule has 6 N–H and O–H groups in total. The van der Waals surface area contributed by atoms with Crippen LogP contribution in [0.4, 0.5) is 0 Å². The molecule has 2 fully saturated rings. The normalized spacial score (nSPS) is 21.9. The van der Waals surface area contributed by atoms with Crippen molar-refractivity contribution in [2.45, 2.75) is 175 Å². The zero-order valence-electron chi connectivity index (χ0n) is 47.8. The van der Waals surface area contributed by atoms with Gasteiger partial charge in [0, 0.05) is 46.0 Å². The van der Waals surface area contributed by atoms with Crippen LogP contribution in [0.1, 0.15) is 169 Å². The number of benzene rings is 3. The lowest BCUT2D eigenvalue weighted by Gasteiger charge is -2.36. The lowest BCUT2D eigenvalue weighted by molar-refractivity contribution is -0.144. The Morgan fingerprint density at radius 1 is 0.580 bits per heavy atom. The molecular formula is C61H86Br2Cl2N8O8. The van der Waals surface area contributed by atoms with Gasteiger partial charge in [-0.15, -0.1) is 24.8 Å². The summed E-state index contributed by atoms with van der Waals surface area (Å²) in [5, 5.41) is 18.3. The zero-order chi connectivity index (χ0) is 57.0. The molecule has 2 unspecified atom stereocenters. The maximum absolute atomic E-state index is 14.8. The molecule has 6 amide bonds. The predicted molar refractivity (Wildman–Crippen MR) is 329 cm³/mol. The maximum Gasteiger partial charge on any atom is 0.246 e. The van der Waals surface area contributed by atoms with Gasteiger partial charge in [-0.1, -0.05) is 111 Å². The highest BCUT2D eigenvalue weighted by Gasteiger charge is 2.48. The molecule has 2 saturated heterocycles. The van der Waals surface area contributed by atoms with Crippen LogP contribution in [0.5, 0.6) is 0 Å². The van der Waals surface area contributed by atoms with Gasteiger partial charge < -0.3 is 41.7 Å². The maximum atomic E-state index is 14.8. The first-order valence-corrected chi connectivity index (χ1v) is 29.3. The van der Waals surface area contributed by atoms with Gasteiger partial charge in [0.1, 0.15) is 24.2 Å². The number of carbonyl (C=O) groups is 8. The molecule has 2 aliphatic carbocycles. The molecule has 16 nitrogen and oxygen atoms in total. The molecule has 81 heavy (non-hydrogen) atoms. The minimum Gasteiger partial charge on any atom is -0.347 e. The fourth-order valence-corrected chi connectivity index (χ4v) is 12.4. The van der Waals surface area contributed by atoms with E-state index in [1.165, 1.54) is 9.80 Å². The number of fused-ring (bicyclic) bond motifs is 2. The summed E-state index contributed by atoms with van der Waals surface area (Å²) in [6.45, 7) is 14.8. The number of halogens is 4. The van der Waals surface area contributed by atoms with Crippen LogP contribution in [0.3, 0.4) is 0 Å². The minimum atomic E-state index is -0.971. The summed E-state index contributed by atoms with van der Waals surface area (Å²) in [5.41, 5.74) is 3.51. The van der Waals surface area contributed by atoms with Crippen molar-refractivity contribution in [3.8, 4) is 0 Å². The van der Waals surface area contributed by atoms with Crippen LogP contribution in [0.2, 0.25) is 0 Å². The Morgan fingerprint density at radius 3 is 1.30 bits per heavy atom. The van der Waals surface area contributed by atoms with Crippen LogP contribution in [-0.2, 0) is 41.6 Å². The van der Waals surface area contributed by atoms with Crippen molar-refractivity contribution in [3.05, 3.63) is 103 Å². The Kier molecular flexibility index (Phi) is 24.8. The fourth-order valence-electron chi connectivity index (χ4n) is 11.6. The topological polar surface area (TPSA) is 215 Å². The van der Waals surface area contributed by atoms with E-state index in [-0.39, 0.29) is 118 Å². The van der Waals surface area contributed by atoms with E-state index in [1.54, 1.807) is 52.2 Å². The minimum absolute atomic E-state index is 0. The number of nitrogens with one attached hydrogen (secondary N) is 6. The highest BCUT2D eigenvalue weighted by atomic mass is 79.9. The number of carbonyl (C=O) groups excluding carboxylic acids is 8. The molecule has 4 aliphatic rings. The smallest absolute Gasteiger partial charge is 0.246 e. The fraction of sp³-hybridized carbons (Fsp3) is 0.574. The first-order chi connectivity index (χ1) is 36.8. The Labute approximate surface area is 508 Å². The SMILES string of the molecule is C.CN[C@@H](C)C(=O)N[C@H](C(=O)N1C[C@@H](CC(=O)c2cccc(C(=O)C[C@H]3C[C@@H](C(=O)NC4CCCc5cc(Br)ccc54)N(C(=O)[C@@H](NC(=O)[C@H](C)NC)C(C)(C)C)C3)c2)C[C@H]1C(=O)NC1CCCc2cc(Br)ccc21)C(C)(C)C.Cl.Cl. The summed E-state index contributed by atoms with van der Waals surface area (Å²) in [5.74, 6) is -3.53. The summed E-state index contributed by atoms with van der Waals surface area (Å²) in [7, 11) is 3.32. The Morgan fingerprint density at radius 2 is 0.951 bits per heavy atom. The molecule has 3 aromatic rings. The van der Waals surface area contributed by atoms with E-state index in [9.17, 15) is 38.4 Å². The first kappa shape index (κ1) is 68.8. The largest absolute Gasteiger partial charge is 0.347 e. The number of aryl methyl sites for hydroxylation is 2.